The zero-order valence-electron chi connectivity index (χ0n) is 13.1. The van der Waals surface area contributed by atoms with E-state index < -0.39 is 9.84 Å². The van der Waals surface area contributed by atoms with Crippen molar-refractivity contribution >= 4 is 15.8 Å². The molecule has 0 amide bonds. The zero-order chi connectivity index (χ0) is 16.7. The highest BCUT2D eigenvalue weighted by Crippen LogP contribution is 2.11. The van der Waals surface area contributed by atoms with Crippen LogP contribution in [0.4, 0.5) is 0 Å². The van der Waals surface area contributed by atoms with Gasteiger partial charge in [0.05, 0.1) is 12.2 Å². The Morgan fingerprint density at radius 1 is 0.957 bits per heavy atom. The molecule has 0 saturated carbocycles. The zero-order valence-corrected chi connectivity index (χ0v) is 13.9. The number of benzene rings is 2. The van der Waals surface area contributed by atoms with Crippen molar-refractivity contribution in [2.45, 2.75) is 19.8 Å². The summed E-state index contributed by atoms with van der Waals surface area (Å²) >= 11 is 0. The first-order chi connectivity index (χ1) is 11.0. The SMILES string of the molecule is CCS(=O)(=O)CCc1ccc(CC(=O)Oc2ccccc2)cc1. The summed E-state index contributed by atoms with van der Waals surface area (Å²) < 4.78 is 28.2. The fourth-order valence-corrected chi connectivity index (χ4v) is 2.90. The summed E-state index contributed by atoms with van der Waals surface area (Å²) in [4.78, 5) is 11.9. The van der Waals surface area contributed by atoms with Gasteiger partial charge in [0, 0.05) is 5.75 Å². The maximum absolute atomic E-state index is 11.9. The number of carbonyl (C=O) groups excluding carboxylic acids is 1. The minimum Gasteiger partial charge on any atom is -0.426 e. The Morgan fingerprint density at radius 3 is 2.17 bits per heavy atom. The maximum atomic E-state index is 11.9. The standard InChI is InChI=1S/C18H20O4S/c1-2-23(20,21)13-12-15-8-10-16(11-9-15)14-18(19)22-17-6-4-3-5-7-17/h3-11H,2,12-14H2,1H3. The summed E-state index contributed by atoms with van der Waals surface area (Å²) in [7, 11) is -2.96. The molecule has 0 aliphatic heterocycles. The van der Waals surface area contributed by atoms with Crippen molar-refractivity contribution in [1.82, 2.24) is 0 Å². The first kappa shape index (κ1) is 17.2. The second-order valence-electron chi connectivity index (χ2n) is 5.27. The van der Waals surface area contributed by atoms with Crippen LogP contribution in [0.2, 0.25) is 0 Å². The lowest BCUT2D eigenvalue weighted by atomic mass is 10.1. The molecule has 2 aromatic carbocycles. The third-order valence-electron chi connectivity index (χ3n) is 3.49. The van der Waals surface area contributed by atoms with Crippen LogP contribution < -0.4 is 4.74 Å². The third kappa shape index (κ3) is 5.87. The highest BCUT2D eigenvalue weighted by molar-refractivity contribution is 7.91. The van der Waals surface area contributed by atoms with E-state index in [2.05, 4.69) is 0 Å². The van der Waals surface area contributed by atoms with Gasteiger partial charge in [-0.1, -0.05) is 49.4 Å². The predicted molar refractivity (Wildman–Crippen MR) is 90.3 cm³/mol. The van der Waals surface area contributed by atoms with Crippen LogP contribution in [0.25, 0.3) is 0 Å². The van der Waals surface area contributed by atoms with E-state index >= 15 is 0 Å². The van der Waals surface area contributed by atoms with Crippen LogP contribution in [0, 0.1) is 0 Å². The first-order valence-electron chi connectivity index (χ1n) is 7.52. The number of sulfone groups is 1. The molecule has 0 atom stereocenters. The molecule has 122 valence electrons. The lowest BCUT2D eigenvalue weighted by molar-refractivity contribution is -0.133. The molecule has 0 fully saturated rings. The van der Waals surface area contributed by atoms with E-state index in [-0.39, 0.29) is 23.9 Å². The Balaban J connectivity index is 1.88. The van der Waals surface area contributed by atoms with Gasteiger partial charge in [-0.05, 0) is 29.7 Å². The van der Waals surface area contributed by atoms with Crippen LogP contribution in [0.15, 0.2) is 54.6 Å². The maximum Gasteiger partial charge on any atom is 0.315 e. The number of para-hydroxylation sites is 1. The van der Waals surface area contributed by atoms with E-state index in [1.54, 1.807) is 19.1 Å². The summed E-state index contributed by atoms with van der Waals surface area (Å²) in [6.45, 7) is 1.65. The molecule has 0 aliphatic rings. The molecule has 0 spiro atoms. The molecule has 4 nitrogen and oxygen atoms in total. The van der Waals surface area contributed by atoms with Crippen molar-refractivity contribution in [1.29, 1.82) is 0 Å². The monoisotopic (exact) mass is 332 g/mol. The average Bonchev–Trinajstić information content (AvgIpc) is 2.55. The number of ether oxygens (including phenoxy) is 1. The molecule has 2 rings (SSSR count). The summed E-state index contributed by atoms with van der Waals surface area (Å²) in [6, 6.07) is 16.3. The van der Waals surface area contributed by atoms with Crippen LogP contribution in [0.1, 0.15) is 18.1 Å². The van der Waals surface area contributed by atoms with E-state index in [1.807, 2.05) is 42.5 Å². The Kier molecular flexibility index (Phi) is 5.93. The molecule has 5 heteroatoms. The van der Waals surface area contributed by atoms with Gasteiger partial charge in [-0.25, -0.2) is 8.42 Å². The van der Waals surface area contributed by atoms with Crippen molar-refractivity contribution in [3.63, 3.8) is 0 Å². The van der Waals surface area contributed by atoms with Crippen molar-refractivity contribution in [2.75, 3.05) is 11.5 Å². The quantitative estimate of drug-likeness (QED) is 0.578. The average molecular weight is 332 g/mol. The van der Waals surface area contributed by atoms with E-state index in [9.17, 15) is 13.2 Å². The fraction of sp³-hybridized carbons (Fsp3) is 0.278. The molecule has 0 bridgehead atoms. The number of aryl methyl sites for hydroxylation is 1. The lowest BCUT2D eigenvalue weighted by Crippen LogP contribution is -2.12. The number of esters is 1. The molecule has 0 aromatic heterocycles. The Labute approximate surface area is 137 Å². The van der Waals surface area contributed by atoms with Gasteiger partial charge in [0.2, 0.25) is 0 Å². The summed E-state index contributed by atoms with van der Waals surface area (Å²) in [5.41, 5.74) is 1.79. The van der Waals surface area contributed by atoms with Crippen molar-refractivity contribution in [3.05, 3.63) is 65.7 Å². The van der Waals surface area contributed by atoms with Crippen molar-refractivity contribution in [3.8, 4) is 5.75 Å². The Bertz CT molecular complexity index is 734. The highest BCUT2D eigenvalue weighted by atomic mass is 32.2. The number of carbonyl (C=O) groups is 1. The van der Waals surface area contributed by atoms with Crippen molar-refractivity contribution in [2.24, 2.45) is 0 Å². The minimum absolute atomic E-state index is 0.152. The third-order valence-corrected chi connectivity index (χ3v) is 5.19. The number of rotatable bonds is 7. The molecule has 0 saturated heterocycles. The second-order valence-corrected chi connectivity index (χ2v) is 7.74. The van der Waals surface area contributed by atoms with Gasteiger partial charge < -0.3 is 4.74 Å². The fourth-order valence-electron chi connectivity index (χ4n) is 2.06. The summed E-state index contributed by atoms with van der Waals surface area (Å²) in [6.07, 6.45) is 0.674. The topological polar surface area (TPSA) is 60.4 Å². The first-order valence-corrected chi connectivity index (χ1v) is 9.34. The molecule has 0 radical (unpaired) electrons. The van der Waals surface area contributed by atoms with Gasteiger partial charge in [0.15, 0.2) is 0 Å². The van der Waals surface area contributed by atoms with Crippen molar-refractivity contribution < 1.29 is 17.9 Å². The molecular weight excluding hydrogens is 312 g/mol. The molecule has 0 unspecified atom stereocenters. The molecule has 0 aliphatic carbocycles. The number of hydrogen-bond acceptors (Lipinski definition) is 4. The highest BCUT2D eigenvalue weighted by Gasteiger charge is 2.09. The van der Waals surface area contributed by atoms with Crippen LogP contribution >= 0.6 is 0 Å². The molecule has 2 aromatic rings. The van der Waals surface area contributed by atoms with Crippen LogP contribution in [0.3, 0.4) is 0 Å². The smallest absolute Gasteiger partial charge is 0.315 e. The molecule has 23 heavy (non-hydrogen) atoms. The minimum atomic E-state index is -2.96. The summed E-state index contributed by atoms with van der Waals surface area (Å²) in [5.74, 6) is 0.520. The normalized spacial score (nSPS) is 11.2. The van der Waals surface area contributed by atoms with Gasteiger partial charge in [0.25, 0.3) is 0 Å². The Morgan fingerprint density at radius 2 is 1.57 bits per heavy atom. The van der Waals surface area contributed by atoms with Crippen LogP contribution in [0.5, 0.6) is 5.75 Å². The van der Waals surface area contributed by atoms with Gasteiger partial charge >= 0.3 is 5.97 Å². The van der Waals surface area contributed by atoms with Gasteiger partial charge in [-0.15, -0.1) is 0 Å². The molecular formula is C18H20O4S. The second kappa shape index (κ2) is 7.92. The van der Waals surface area contributed by atoms with E-state index in [1.165, 1.54) is 0 Å². The van der Waals surface area contributed by atoms with E-state index in [0.29, 0.717) is 12.2 Å². The largest absolute Gasteiger partial charge is 0.426 e. The van der Waals surface area contributed by atoms with Gasteiger partial charge in [-0.2, -0.15) is 0 Å². The molecule has 0 N–H and O–H groups in total. The Hall–Kier alpha value is -2.14. The lowest BCUT2D eigenvalue weighted by Gasteiger charge is -2.06. The van der Waals surface area contributed by atoms with Gasteiger partial charge in [0.1, 0.15) is 15.6 Å². The summed E-state index contributed by atoms with van der Waals surface area (Å²) in [5, 5.41) is 0. The molecule has 0 heterocycles. The predicted octanol–water partition coefficient (Wildman–Crippen LogP) is 2.81. The van der Waals surface area contributed by atoms with E-state index in [0.717, 1.165) is 11.1 Å². The van der Waals surface area contributed by atoms with Crippen LogP contribution in [-0.4, -0.2) is 25.9 Å². The number of hydrogen-bond donors (Lipinski definition) is 0. The van der Waals surface area contributed by atoms with E-state index in [4.69, 9.17) is 4.74 Å². The van der Waals surface area contributed by atoms with Gasteiger partial charge in [-0.3, -0.25) is 4.79 Å². The van der Waals surface area contributed by atoms with Crippen LogP contribution in [-0.2, 0) is 27.5 Å².